The Kier molecular flexibility index (Phi) is 4.08. The summed E-state index contributed by atoms with van der Waals surface area (Å²) in [5.41, 5.74) is 4.26. The van der Waals surface area contributed by atoms with Crippen molar-refractivity contribution in [2.75, 3.05) is 5.32 Å². The molecule has 0 radical (unpaired) electrons. The van der Waals surface area contributed by atoms with Crippen LogP contribution in [0.3, 0.4) is 0 Å². The molecule has 104 valence electrons. The molecule has 0 fully saturated rings. The number of aryl methyl sites for hydroxylation is 2. The predicted molar refractivity (Wildman–Crippen MR) is 81.4 cm³/mol. The molecule has 1 amide bonds. The molecule has 0 unspecified atom stereocenters. The summed E-state index contributed by atoms with van der Waals surface area (Å²) in [6.07, 6.45) is 0.823. The summed E-state index contributed by atoms with van der Waals surface area (Å²) < 4.78 is 0. The second kappa shape index (κ2) is 5.78. The minimum absolute atomic E-state index is 0.00464. The molecule has 0 saturated carbocycles. The Bertz CT molecular complexity index is 647. The van der Waals surface area contributed by atoms with Crippen LogP contribution < -0.4 is 5.32 Å². The molecule has 0 bridgehead atoms. The fourth-order valence-corrected chi connectivity index (χ4v) is 2.06. The van der Waals surface area contributed by atoms with Gasteiger partial charge in [-0.2, -0.15) is 0 Å². The maximum Gasteiger partial charge on any atom is 0.259 e. The number of nitrogens with one attached hydrogen (secondary N) is 1. The van der Waals surface area contributed by atoms with Gasteiger partial charge >= 0.3 is 0 Å². The van der Waals surface area contributed by atoms with E-state index in [1.807, 2.05) is 45.0 Å². The van der Waals surface area contributed by atoms with Gasteiger partial charge in [0.15, 0.2) is 0 Å². The first-order valence-electron chi connectivity index (χ1n) is 6.72. The fourth-order valence-electron chi connectivity index (χ4n) is 2.06. The van der Waals surface area contributed by atoms with Gasteiger partial charge in [0.05, 0.1) is 5.56 Å². The monoisotopic (exact) mass is 269 g/mol. The first-order valence-corrected chi connectivity index (χ1v) is 6.72. The van der Waals surface area contributed by atoms with E-state index in [0.29, 0.717) is 5.56 Å². The number of anilines is 1. The average molecular weight is 269 g/mol. The van der Waals surface area contributed by atoms with Gasteiger partial charge in [-0.3, -0.25) is 4.79 Å². The largest absolute Gasteiger partial charge is 0.507 e. The van der Waals surface area contributed by atoms with Crippen molar-refractivity contribution in [1.29, 1.82) is 0 Å². The Morgan fingerprint density at radius 2 is 1.95 bits per heavy atom. The minimum Gasteiger partial charge on any atom is -0.507 e. The summed E-state index contributed by atoms with van der Waals surface area (Å²) in [4.78, 5) is 12.3. The number of benzene rings is 2. The van der Waals surface area contributed by atoms with E-state index in [9.17, 15) is 9.90 Å². The van der Waals surface area contributed by atoms with Crippen molar-refractivity contribution in [3.05, 3.63) is 58.7 Å². The van der Waals surface area contributed by atoms with Crippen LogP contribution in [0.5, 0.6) is 5.75 Å². The zero-order valence-corrected chi connectivity index (χ0v) is 12.0. The number of carbonyl (C=O) groups is 1. The lowest BCUT2D eigenvalue weighted by Gasteiger charge is -2.11. The first-order chi connectivity index (χ1) is 9.52. The fraction of sp³-hybridized carbons (Fsp3) is 0.235. The van der Waals surface area contributed by atoms with Gasteiger partial charge in [-0.05, 0) is 55.2 Å². The van der Waals surface area contributed by atoms with Crippen LogP contribution >= 0.6 is 0 Å². The van der Waals surface area contributed by atoms with E-state index < -0.39 is 0 Å². The van der Waals surface area contributed by atoms with Crippen LogP contribution in [0.1, 0.15) is 34.0 Å². The lowest BCUT2D eigenvalue weighted by Crippen LogP contribution is -2.13. The number of carbonyl (C=O) groups excluding carboxylic acids is 1. The molecule has 0 aliphatic rings. The van der Waals surface area contributed by atoms with Crippen LogP contribution in [-0.2, 0) is 6.42 Å². The number of hydrogen-bond donors (Lipinski definition) is 2. The summed E-state index contributed by atoms with van der Waals surface area (Å²) in [6.45, 7) is 5.98. The lowest BCUT2D eigenvalue weighted by atomic mass is 10.1. The number of aromatic hydroxyl groups is 1. The van der Waals surface area contributed by atoms with E-state index in [-0.39, 0.29) is 11.7 Å². The van der Waals surface area contributed by atoms with Gasteiger partial charge in [-0.25, -0.2) is 0 Å². The molecule has 2 aromatic rings. The second-order valence-corrected chi connectivity index (χ2v) is 4.91. The predicted octanol–water partition coefficient (Wildman–Crippen LogP) is 3.82. The maximum absolute atomic E-state index is 12.3. The van der Waals surface area contributed by atoms with Crippen molar-refractivity contribution in [2.45, 2.75) is 27.2 Å². The molecule has 2 rings (SSSR count). The number of amides is 1. The molecular formula is C17H19NO2. The molecule has 3 nitrogen and oxygen atoms in total. The van der Waals surface area contributed by atoms with Crippen LogP contribution in [0.2, 0.25) is 0 Å². The van der Waals surface area contributed by atoms with Crippen LogP contribution in [0.4, 0.5) is 5.69 Å². The molecule has 0 spiro atoms. The topological polar surface area (TPSA) is 49.3 Å². The summed E-state index contributed by atoms with van der Waals surface area (Å²) >= 11 is 0. The standard InChI is InChI=1S/C17H19NO2/c1-4-13-8-9-16(19)14(10-13)17(20)18-15-7-5-6-11(2)12(15)3/h5-10,19H,4H2,1-3H3,(H,18,20). The third-order valence-corrected chi connectivity index (χ3v) is 3.57. The third kappa shape index (κ3) is 2.82. The van der Waals surface area contributed by atoms with E-state index in [1.165, 1.54) is 0 Å². The van der Waals surface area contributed by atoms with Crippen molar-refractivity contribution < 1.29 is 9.90 Å². The Morgan fingerprint density at radius 3 is 2.65 bits per heavy atom. The molecule has 0 aliphatic heterocycles. The summed E-state index contributed by atoms with van der Waals surface area (Å²) in [6, 6.07) is 10.9. The van der Waals surface area contributed by atoms with Crippen molar-refractivity contribution in [3.8, 4) is 5.75 Å². The van der Waals surface area contributed by atoms with Crippen LogP contribution in [-0.4, -0.2) is 11.0 Å². The van der Waals surface area contributed by atoms with E-state index in [4.69, 9.17) is 0 Å². The smallest absolute Gasteiger partial charge is 0.259 e. The SMILES string of the molecule is CCc1ccc(O)c(C(=O)Nc2cccc(C)c2C)c1. The van der Waals surface area contributed by atoms with Gasteiger partial charge in [-0.1, -0.05) is 25.1 Å². The molecular weight excluding hydrogens is 250 g/mol. The number of phenolic OH excluding ortho intramolecular Hbond substituents is 1. The van der Waals surface area contributed by atoms with Crippen LogP contribution in [0.25, 0.3) is 0 Å². The van der Waals surface area contributed by atoms with Gasteiger partial charge in [0, 0.05) is 5.69 Å². The van der Waals surface area contributed by atoms with E-state index in [1.54, 1.807) is 12.1 Å². The van der Waals surface area contributed by atoms with Gasteiger partial charge in [-0.15, -0.1) is 0 Å². The average Bonchev–Trinajstić information content (AvgIpc) is 2.44. The zero-order chi connectivity index (χ0) is 14.7. The highest BCUT2D eigenvalue weighted by Gasteiger charge is 2.13. The molecule has 20 heavy (non-hydrogen) atoms. The summed E-state index contributed by atoms with van der Waals surface area (Å²) in [5, 5.41) is 12.7. The maximum atomic E-state index is 12.3. The highest BCUT2D eigenvalue weighted by atomic mass is 16.3. The number of phenols is 1. The Balaban J connectivity index is 2.30. The van der Waals surface area contributed by atoms with Gasteiger partial charge in [0.25, 0.3) is 5.91 Å². The van der Waals surface area contributed by atoms with Crippen molar-refractivity contribution in [1.82, 2.24) is 0 Å². The molecule has 3 heteroatoms. The Labute approximate surface area is 119 Å². The van der Waals surface area contributed by atoms with Crippen molar-refractivity contribution >= 4 is 11.6 Å². The lowest BCUT2D eigenvalue weighted by molar-refractivity contribution is 0.102. The van der Waals surface area contributed by atoms with Gasteiger partial charge in [0.2, 0.25) is 0 Å². The molecule has 0 atom stereocenters. The van der Waals surface area contributed by atoms with Gasteiger partial charge < -0.3 is 10.4 Å². The number of rotatable bonds is 3. The van der Waals surface area contributed by atoms with Crippen LogP contribution in [0, 0.1) is 13.8 Å². The van der Waals surface area contributed by atoms with Crippen molar-refractivity contribution in [3.63, 3.8) is 0 Å². The minimum atomic E-state index is -0.286. The van der Waals surface area contributed by atoms with Crippen molar-refractivity contribution in [2.24, 2.45) is 0 Å². The quantitative estimate of drug-likeness (QED) is 0.889. The van der Waals surface area contributed by atoms with E-state index >= 15 is 0 Å². The summed E-state index contributed by atoms with van der Waals surface area (Å²) in [7, 11) is 0. The molecule has 0 aliphatic carbocycles. The van der Waals surface area contributed by atoms with E-state index in [0.717, 1.165) is 28.8 Å². The first kappa shape index (κ1) is 14.1. The molecule has 2 N–H and O–H groups in total. The van der Waals surface area contributed by atoms with Gasteiger partial charge in [0.1, 0.15) is 5.75 Å². The highest BCUT2D eigenvalue weighted by molar-refractivity contribution is 6.06. The molecule has 0 aromatic heterocycles. The third-order valence-electron chi connectivity index (χ3n) is 3.57. The summed E-state index contributed by atoms with van der Waals surface area (Å²) in [5.74, 6) is -0.281. The second-order valence-electron chi connectivity index (χ2n) is 4.91. The van der Waals surface area contributed by atoms with Crippen LogP contribution in [0.15, 0.2) is 36.4 Å². The molecule has 0 saturated heterocycles. The molecule has 2 aromatic carbocycles. The zero-order valence-electron chi connectivity index (χ0n) is 12.0. The highest BCUT2D eigenvalue weighted by Crippen LogP contribution is 2.23. The normalized spacial score (nSPS) is 10.3. The van der Waals surface area contributed by atoms with E-state index in [2.05, 4.69) is 5.32 Å². The molecule has 0 heterocycles. The Hall–Kier alpha value is -2.29. The number of hydrogen-bond acceptors (Lipinski definition) is 2. The Morgan fingerprint density at radius 1 is 1.20 bits per heavy atom.